The highest BCUT2D eigenvalue weighted by molar-refractivity contribution is 5.51. The van der Waals surface area contributed by atoms with Gasteiger partial charge in [0.15, 0.2) is 0 Å². The largest absolute Gasteiger partial charge is 0.396 e. The van der Waals surface area contributed by atoms with Crippen LogP contribution in [0.15, 0.2) is 103 Å². The van der Waals surface area contributed by atoms with E-state index in [2.05, 4.69) is 77.9 Å². The van der Waals surface area contributed by atoms with Crippen LogP contribution in [-0.4, -0.2) is 9.78 Å². The Morgan fingerprint density at radius 1 is 0.640 bits per heavy atom. The van der Waals surface area contributed by atoms with Crippen molar-refractivity contribution < 1.29 is 0 Å². The first-order valence-electron chi connectivity index (χ1n) is 8.29. The number of hydrogen-bond donors (Lipinski definition) is 1. The average molecular weight is 325 g/mol. The first-order chi connectivity index (χ1) is 12.3. The number of nitrogens with zero attached hydrogens (tertiary/aromatic N) is 2. The number of anilines is 1. The van der Waals surface area contributed by atoms with Crippen LogP contribution in [0.4, 0.5) is 5.69 Å². The van der Waals surface area contributed by atoms with E-state index in [4.69, 9.17) is 5.73 Å². The van der Waals surface area contributed by atoms with Crippen molar-refractivity contribution in [3.63, 3.8) is 0 Å². The Morgan fingerprint density at radius 2 is 1.04 bits per heavy atom. The lowest BCUT2D eigenvalue weighted by Gasteiger charge is -2.36. The van der Waals surface area contributed by atoms with Gasteiger partial charge in [0, 0.05) is 6.20 Å². The summed E-state index contributed by atoms with van der Waals surface area (Å²) in [6.45, 7) is 0. The summed E-state index contributed by atoms with van der Waals surface area (Å²) in [6.07, 6.45) is 3.59. The standard InChI is InChI=1S/C22H19N3/c23-21-16-24-25(17-21)22(18-10-4-1-5-11-18,19-12-6-2-7-13-19)20-14-8-3-9-15-20/h1-17H,23H2. The molecule has 0 bridgehead atoms. The molecule has 0 aliphatic rings. The number of hydrogen-bond acceptors (Lipinski definition) is 2. The first-order valence-corrected chi connectivity index (χ1v) is 8.29. The fraction of sp³-hybridized carbons (Fsp3) is 0.0455. The summed E-state index contributed by atoms with van der Waals surface area (Å²) in [5.41, 5.74) is 9.49. The molecule has 0 spiro atoms. The first kappa shape index (κ1) is 15.2. The van der Waals surface area contributed by atoms with Gasteiger partial charge in [-0.1, -0.05) is 91.0 Å². The molecule has 1 aromatic heterocycles. The lowest BCUT2D eigenvalue weighted by molar-refractivity contribution is 0.460. The molecule has 3 nitrogen and oxygen atoms in total. The van der Waals surface area contributed by atoms with Crippen molar-refractivity contribution >= 4 is 5.69 Å². The van der Waals surface area contributed by atoms with E-state index in [-0.39, 0.29) is 0 Å². The minimum absolute atomic E-state index is 0.582. The van der Waals surface area contributed by atoms with Crippen LogP contribution in [0.25, 0.3) is 0 Å². The molecule has 2 N–H and O–H groups in total. The van der Waals surface area contributed by atoms with Crippen molar-refractivity contribution in [3.8, 4) is 0 Å². The molecule has 0 saturated heterocycles. The SMILES string of the molecule is Nc1cnn(C(c2ccccc2)(c2ccccc2)c2ccccc2)c1. The van der Waals surface area contributed by atoms with Gasteiger partial charge in [0.1, 0.15) is 5.54 Å². The predicted octanol–water partition coefficient (Wildman–Crippen LogP) is 4.31. The monoisotopic (exact) mass is 325 g/mol. The maximum absolute atomic E-state index is 6.03. The maximum atomic E-state index is 6.03. The molecular formula is C22H19N3. The summed E-state index contributed by atoms with van der Waals surface area (Å²) >= 11 is 0. The molecule has 0 fully saturated rings. The summed E-state index contributed by atoms with van der Waals surface area (Å²) < 4.78 is 1.96. The third kappa shape index (κ3) is 2.50. The zero-order valence-electron chi connectivity index (χ0n) is 13.8. The Balaban J connectivity index is 2.12. The summed E-state index contributed by atoms with van der Waals surface area (Å²) in [5, 5.41) is 4.61. The highest BCUT2D eigenvalue weighted by Crippen LogP contribution is 2.40. The molecule has 3 heteroatoms. The highest BCUT2D eigenvalue weighted by Gasteiger charge is 2.39. The Hall–Kier alpha value is -3.33. The average Bonchev–Trinajstić information content (AvgIpc) is 3.12. The molecule has 25 heavy (non-hydrogen) atoms. The van der Waals surface area contributed by atoms with Crippen LogP contribution in [-0.2, 0) is 5.54 Å². The Morgan fingerprint density at radius 3 is 1.36 bits per heavy atom. The van der Waals surface area contributed by atoms with Crippen LogP contribution < -0.4 is 5.73 Å². The van der Waals surface area contributed by atoms with E-state index in [1.54, 1.807) is 6.20 Å². The van der Waals surface area contributed by atoms with Crippen molar-refractivity contribution in [2.45, 2.75) is 5.54 Å². The smallest absolute Gasteiger partial charge is 0.138 e. The zero-order valence-corrected chi connectivity index (χ0v) is 13.8. The van der Waals surface area contributed by atoms with Crippen molar-refractivity contribution in [2.24, 2.45) is 0 Å². The number of nitrogens with two attached hydrogens (primary N) is 1. The van der Waals surface area contributed by atoms with Gasteiger partial charge in [0.2, 0.25) is 0 Å². The molecule has 4 aromatic rings. The Kier molecular flexibility index (Phi) is 3.82. The van der Waals surface area contributed by atoms with Crippen molar-refractivity contribution in [2.75, 3.05) is 5.73 Å². The van der Waals surface area contributed by atoms with Gasteiger partial charge in [0.25, 0.3) is 0 Å². The van der Waals surface area contributed by atoms with Crippen LogP contribution in [0.2, 0.25) is 0 Å². The molecule has 3 aromatic carbocycles. The molecule has 1 heterocycles. The van der Waals surface area contributed by atoms with E-state index in [0.29, 0.717) is 5.69 Å². The molecule has 0 atom stereocenters. The molecule has 0 amide bonds. The fourth-order valence-electron chi connectivity index (χ4n) is 3.46. The number of aromatic nitrogens is 2. The summed E-state index contributed by atoms with van der Waals surface area (Å²) in [5.74, 6) is 0. The van der Waals surface area contributed by atoms with Gasteiger partial charge in [-0.05, 0) is 16.7 Å². The molecule has 122 valence electrons. The van der Waals surface area contributed by atoms with Crippen molar-refractivity contribution in [1.29, 1.82) is 0 Å². The molecule has 0 aliphatic heterocycles. The van der Waals surface area contributed by atoms with Gasteiger partial charge < -0.3 is 5.73 Å². The van der Waals surface area contributed by atoms with Gasteiger partial charge >= 0.3 is 0 Å². The number of rotatable bonds is 4. The van der Waals surface area contributed by atoms with Gasteiger partial charge in [-0.3, -0.25) is 4.68 Å². The third-order valence-corrected chi connectivity index (χ3v) is 4.52. The van der Waals surface area contributed by atoms with Crippen LogP contribution in [0.3, 0.4) is 0 Å². The van der Waals surface area contributed by atoms with Crippen molar-refractivity contribution in [1.82, 2.24) is 9.78 Å². The molecule has 0 unspecified atom stereocenters. The predicted molar refractivity (Wildman–Crippen MR) is 101 cm³/mol. The van der Waals surface area contributed by atoms with Crippen LogP contribution in [0.5, 0.6) is 0 Å². The summed E-state index contributed by atoms with van der Waals surface area (Å²) in [6, 6.07) is 31.3. The van der Waals surface area contributed by atoms with Crippen LogP contribution in [0.1, 0.15) is 16.7 Å². The van der Waals surface area contributed by atoms with Crippen LogP contribution in [0, 0.1) is 0 Å². The van der Waals surface area contributed by atoms with E-state index in [1.165, 1.54) is 0 Å². The highest BCUT2D eigenvalue weighted by atomic mass is 15.3. The van der Waals surface area contributed by atoms with Gasteiger partial charge in [-0.15, -0.1) is 0 Å². The minimum atomic E-state index is -0.582. The van der Waals surface area contributed by atoms with E-state index < -0.39 is 5.54 Å². The normalized spacial score (nSPS) is 11.4. The molecule has 0 saturated carbocycles. The molecule has 0 aliphatic carbocycles. The quantitative estimate of drug-likeness (QED) is 0.568. The lowest BCUT2D eigenvalue weighted by atomic mass is 9.77. The topological polar surface area (TPSA) is 43.8 Å². The van der Waals surface area contributed by atoms with E-state index in [9.17, 15) is 0 Å². The Labute approximate surface area is 147 Å². The fourth-order valence-corrected chi connectivity index (χ4v) is 3.46. The van der Waals surface area contributed by atoms with Gasteiger partial charge in [0.05, 0.1) is 11.9 Å². The second-order valence-corrected chi connectivity index (χ2v) is 6.03. The lowest BCUT2D eigenvalue weighted by Crippen LogP contribution is -2.38. The molecule has 4 rings (SSSR count). The molecular weight excluding hydrogens is 306 g/mol. The van der Waals surface area contributed by atoms with E-state index in [1.807, 2.05) is 29.1 Å². The zero-order chi connectivity index (χ0) is 17.1. The Bertz CT molecular complexity index is 848. The van der Waals surface area contributed by atoms with Gasteiger partial charge in [-0.25, -0.2) is 0 Å². The van der Waals surface area contributed by atoms with Gasteiger partial charge in [-0.2, -0.15) is 5.10 Å². The summed E-state index contributed by atoms with van der Waals surface area (Å²) in [7, 11) is 0. The number of benzene rings is 3. The minimum Gasteiger partial charge on any atom is -0.396 e. The molecule has 0 radical (unpaired) electrons. The van der Waals surface area contributed by atoms with Crippen molar-refractivity contribution in [3.05, 3.63) is 120 Å². The second-order valence-electron chi connectivity index (χ2n) is 6.03. The second kappa shape index (κ2) is 6.29. The van der Waals surface area contributed by atoms with Crippen LogP contribution >= 0.6 is 0 Å². The maximum Gasteiger partial charge on any atom is 0.138 e. The third-order valence-electron chi connectivity index (χ3n) is 4.52. The van der Waals surface area contributed by atoms with E-state index in [0.717, 1.165) is 16.7 Å². The van der Waals surface area contributed by atoms with E-state index >= 15 is 0 Å². The summed E-state index contributed by atoms with van der Waals surface area (Å²) in [4.78, 5) is 0. The number of nitrogen functional groups attached to an aromatic ring is 1.